The van der Waals surface area contributed by atoms with Gasteiger partial charge in [0.2, 0.25) is 0 Å². The van der Waals surface area contributed by atoms with Crippen molar-refractivity contribution in [3.05, 3.63) is 33.8 Å². The summed E-state index contributed by atoms with van der Waals surface area (Å²) in [5, 5.41) is 0. The third-order valence-corrected chi connectivity index (χ3v) is 4.22. The van der Waals surface area contributed by atoms with Crippen LogP contribution in [0.15, 0.2) is 22.7 Å². The average Bonchev–Trinajstić information content (AvgIpc) is 2.63. The van der Waals surface area contributed by atoms with Crippen LogP contribution >= 0.6 is 15.9 Å². The lowest BCUT2D eigenvalue weighted by Gasteiger charge is -2.28. The average molecular weight is 311 g/mol. The normalized spacial score (nSPS) is 22.2. The van der Waals surface area contributed by atoms with Crippen molar-refractivity contribution in [2.75, 3.05) is 7.11 Å². The summed E-state index contributed by atoms with van der Waals surface area (Å²) < 4.78 is 5.71. The number of ether oxygens (including phenoxy) is 1. The van der Waals surface area contributed by atoms with E-state index in [1.807, 2.05) is 26.0 Å². The van der Waals surface area contributed by atoms with Crippen LogP contribution < -0.4 is 0 Å². The van der Waals surface area contributed by atoms with E-state index in [0.29, 0.717) is 12.0 Å². The van der Waals surface area contributed by atoms with Crippen molar-refractivity contribution in [3.63, 3.8) is 0 Å². The second-order valence-electron chi connectivity index (χ2n) is 4.93. The van der Waals surface area contributed by atoms with Crippen LogP contribution in [-0.4, -0.2) is 18.9 Å². The fourth-order valence-corrected chi connectivity index (χ4v) is 2.95. The summed E-state index contributed by atoms with van der Waals surface area (Å²) in [7, 11) is 1.33. The van der Waals surface area contributed by atoms with Crippen LogP contribution in [0.5, 0.6) is 0 Å². The zero-order chi connectivity index (χ0) is 13.5. The number of hydrogen-bond acceptors (Lipinski definition) is 3. The van der Waals surface area contributed by atoms with E-state index in [9.17, 15) is 9.59 Å². The lowest BCUT2D eigenvalue weighted by atomic mass is 9.74. The standard InChI is InChI=1S/C14H15BrO3/c1-8(2)14(13(17)18-3)7-9-4-5-10(15)6-11(9)12(14)16/h4-6,8H,7H2,1-3H3. The Morgan fingerprint density at radius 3 is 2.67 bits per heavy atom. The molecule has 1 aromatic carbocycles. The third kappa shape index (κ3) is 1.70. The molecule has 3 nitrogen and oxygen atoms in total. The van der Waals surface area contributed by atoms with Crippen LogP contribution in [0.3, 0.4) is 0 Å². The number of carbonyl (C=O) groups is 2. The monoisotopic (exact) mass is 310 g/mol. The van der Waals surface area contributed by atoms with Crippen molar-refractivity contribution < 1.29 is 14.3 Å². The van der Waals surface area contributed by atoms with Crippen molar-refractivity contribution >= 4 is 27.7 Å². The van der Waals surface area contributed by atoms with Gasteiger partial charge in [0.1, 0.15) is 5.41 Å². The Morgan fingerprint density at radius 1 is 1.44 bits per heavy atom. The molecule has 18 heavy (non-hydrogen) atoms. The summed E-state index contributed by atoms with van der Waals surface area (Å²) >= 11 is 3.35. The molecule has 0 N–H and O–H groups in total. The summed E-state index contributed by atoms with van der Waals surface area (Å²) in [4.78, 5) is 24.7. The van der Waals surface area contributed by atoms with Gasteiger partial charge in [0, 0.05) is 10.0 Å². The lowest BCUT2D eigenvalue weighted by Crippen LogP contribution is -2.42. The number of esters is 1. The first kappa shape index (κ1) is 13.3. The maximum Gasteiger partial charge on any atom is 0.320 e. The van der Waals surface area contributed by atoms with Gasteiger partial charge in [-0.3, -0.25) is 9.59 Å². The Balaban J connectivity index is 2.57. The highest BCUT2D eigenvalue weighted by atomic mass is 79.9. The van der Waals surface area contributed by atoms with Gasteiger partial charge < -0.3 is 4.74 Å². The van der Waals surface area contributed by atoms with Crippen molar-refractivity contribution in [2.45, 2.75) is 20.3 Å². The maximum absolute atomic E-state index is 12.6. The molecule has 2 rings (SSSR count). The molecule has 0 saturated carbocycles. The molecule has 1 aliphatic rings. The molecular weight excluding hydrogens is 296 g/mol. The van der Waals surface area contributed by atoms with E-state index in [2.05, 4.69) is 15.9 Å². The molecule has 0 aromatic heterocycles. The van der Waals surface area contributed by atoms with Gasteiger partial charge in [-0.05, 0) is 30.0 Å². The number of rotatable bonds is 2. The molecule has 0 bridgehead atoms. The molecule has 1 aromatic rings. The molecule has 1 atom stereocenters. The highest BCUT2D eigenvalue weighted by Gasteiger charge is 2.54. The number of hydrogen-bond donors (Lipinski definition) is 0. The summed E-state index contributed by atoms with van der Waals surface area (Å²) in [5.74, 6) is -0.654. The van der Waals surface area contributed by atoms with Crippen molar-refractivity contribution in [3.8, 4) is 0 Å². The predicted molar refractivity (Wildman–Crippen MR) is 71.5 cm³/mol. The van der Waals surface area contributed by atoms with Gasteiger partial charge in [-0.25, -0.2) is 0 Å². The second-order valence-corrected chi connectivity index (χ2v) is 5.84. The minimum absolute atomic E-state index is 0.0939. The highest BCUT2D eigenvalue weighted by Crippen LogP contribution is 2.44. The van der Waals surface area contributed by atoms with Crippen LogP contribution in [0.25, 0.3) is 0 Å². The molecule has 0 spiro atoms. The van der Waals surface area contributed by atoms with Crippen LogP contribution in [-0.2, 0) is 16.0 Å². The summed E-state index contributed by atoms with van der Waals surface area (Å²) in [6.07, 6.45) is 0.429. The molecule has 0 heterocycles. The summed E-state index contributed by atoms with van der Waals surface area (Å²) in [5.41, 5.74) is 0.489. The minimum Gasteiger partial charge on any atom is -0.468 e. The van der Waals surface area contributed by atoms with Crippen molar-refractivity contribution in [2.24, 2.45) is 11.3 Å². The molecule has 96 valence electrons. The smallest absolute Gasteiger partial charge is 0.320 e. The summed E-state index contributed by atoms with van der Waals surface area (Å²) in [6.45, 7) is 3.77. The van der Waals surface area contributed by atoms with Gasteiger partial charge in [0.05, 0.1) is 7.11 Å². The van der Waals surface area contributed by atoms with Crippen LogP contribution in [0.4, 0.5) is 0 Å². The molecule has 1 aliphatic carbocycles. The Labute approximate surface area is 115 Å². The van der Waals surface area contributed by atoms with Crippen LogP contribution in [0.2, 0.25) is 0 Å². The quantitative estimate of drug-likeness (QED) is 0.623. The van der Waals surface area contributed by atoms with E-state index >= 15 is 0 Å². The SMILES string of the molecule is COC(=O)C1(C(C)C)Cc2ccc(Br)cc2C1=O. The van der Waals surface area contributed by atoms with Gasteiger partial charge >= 0.3 is 5.97 Å². The van der Waals surface area contributed by atoms with Gasteiger partial charge in [0.25, 0.3) is 0 Å². The van der Waals surface area contributed by atoms with E-state index in [0.717, 1.165) is 10.0 Å². The predicted octanol–water partition coefficient (Wildman–Crippen LogP) is 3.00. The molecule has 0 fully saturated rings. The molecular formula is C14H15BrO3. The lowest BCUT2D eigenvalue weighted by molar-refractivity contribution is -0.151. The molecule has 0 aliphatic heterocycles. The molecule has 0 saturated heterocycles. The number of carbonyl (C=O) groups excluding carboxylic acids is 2. The second kappa shape index (κ2) is 4.50. The molecule has 0 radical (unpaired) electrons. The molecule has 1 unspecified atom stereocenters. The van der Waals surface area contributed by atoms with E-state index in [4.69, 9.17) is 4.74 Å². The van der Waals surface area contributed by atoms with Crippen molar-refractivity contribution in [1.29, 1.82) is 0 Å². The third-order valence-electron chi connectivity index (χ3n) is 3.73. The van der Waals surface area contributed by atoms with Gasteiger partial charge in [-0.15, -0.1) is 0 Å². The zero-order valence-electron chi connectivity index (χ0n) is 10.6. The minimum atomic E-state index is -1.06. The first-order chi connectivity index (χ1) is 8.43. The van der Waals surface area contributed by atoms with Gasteiger partial charge in [-0.2, -0.15) is 0 Å². The fraction of sp³-hybridized carbons (Fsp3) is 0.429. The van der Waals surface area contributed by atoms with E-state index < -0.39 is 11.4 Å². The largest absolute Gasteiger partial charge is 0.468 e. The Morgan fingerprint density at radius 2 is 2.11 bits per heavy atom. The molecule has 0 amide bonds. The number of benzene rings is 1. The van der Waals surface area contributed by atoms with Crippen molar-refractivity contribution in [1.82, 2.24) is 0 Å². The Hall–Kier alpha value is -1.16. The number of fused-ring (bicyclic) bond motifs is 1. The van der Waals surface area contributed by atoms with Crippen LogP contribution in [0.1, 0.15) is 29.8 Å². The van der Waals surface area contributed by atoms with Gasteiger partial charge in [-0.1, -0.05) is 35.8 Å². The van der Waals surface area contributed by atoms with E-state index in [1.54, 1.807) is 6.07 Å². The van der Waals surface area contributed by atoms with Gasteiger partial charge in [0.15, 0.2) is 5.78 Å². The maximum atomic E-state index is 12.6. The number of Topliss-reactive ketones (excluding diaryl/α,β-unsaturated/α-hetero) is 1. The van der Waals surface area contributed by atoms with E-state index in [1.165, 1.54) is 7.11 Å². The first-order valence-corrected chi connectivity index (χ1v) is 6.64. The zero-order valence-corrected chi connectivity index (χ0v) is 12.2. The fourth-order valence-electron chi connectivity index (χ4n) is 2.58. The Kier molecular flexibility index (Phi) is 3.32. The number of halogens is 1. The first-order valence-electron chi connectivity index (χ1n) is 5.85. The topological polar surface area (TPSA) is 43.4 Å². The summed E-state index contributed by atoms with van der Waals surface area (Å²) in [6, 6.07) is 5.56. The Bertz CT molecular complexity index is 522. The molecule has 4 heteroatoms. The number of methoxy groups -OCH3 is 1. The highest BCUT2D eigenvalue weighted by molar-refractivity contribution is 9.10. The number of ketones is 1. The van der Waals surface area contributed by atoms with Crippen LogP contribution in [0, 0.1) is 11.3 Å². The van der Waals surface area contributed by atoms with E-state index in [-0.39, 0.29) is 11.7 Å².